The van der Waals surface area contributed by atoms with Crippen LogP contribution in [0.2, 0.25) is 0 Å². The lowest BCUT2D eigenvalue weighted by Gasteiger charge is -2.21. The van der Waals surface area contributed by atoms with E-state index in [0.29, 0.717) is 6.42 Å². The predicted octanol–water partition coefficient (Wildman–Crippen LogP) is -1.29. The normalized spacial score (nSPS) is 16.6. The van der Waals surface area contributed by atoms with E-state index < -0.39 is 30.0 Å². The van der Waals surface area contributed by atoms with Crippen molar-refractivity contribution in [2.45, 2.75) is 45.4 Å². The molecule has 0 bridgehead atoms. The predicted molar refractivity (Wildman–Crippen MR) is 60.2 cm³/mol. The Morgan fingerprint density at radius 1 is 1.31 bits per heavy atom. The van der Waals surface area contributed by atoms with Crippen LogP contribution >= 0.6 is 0 Å². The zero-order valence-electron chi connectivity index (χ0n) is 9.93. The topological polar surface area (TPSA) is 118 Å². The molecule has 2 amide bonds. The van der Waals surface area contributed by atoms with E-state index in [2.05, 4.69) is 5.32 Å². The second-order valence-corrected chi connectivity index (χ2v) is 4.37. The van der Waals surface area contributed by atoms with Crippen molar-refractivity contribution in [2.24, 2.45) is 17.4 Å². The van der Waals surface area contributed by atoms with E-state index in [9.17, 15) is 14.7 Å². The van der Waals surface area contributed by atoms with Crippen LogP contribution < -0.4 is 16.8 Å². The van der Waals surface area contributed by atoms with Crippen LogP contribution in [0.5, 0.6) is 0 Å². The highest BCUT2D eigenvalue weighted by molar-refractivity contribution is 5.89. The van der Waals surface area contributed by atoms with E-state index >= 15 is 0 Å². The van der Waals surface area contributed by atoms with Crippen molar-refractivity contribution in [3.63, 3.8) is 0 Å². The Bertz CT molecular complexity index is 254. The third-order valence-corrected chi connectivity index (χ3v) is 2.15. The minimum absolute atomic E-state index is 0.277. The van der Waals surface area contributed by atoms with Crippen molar-refractivity contribution in [3.05, 3.63) is 0 Å². The molecule has 0 fully saturated rings. The summed E-state index contributed by atoms with van der Waals surface area (Å²) in [5.74, 6) is -0.974. The Kier molecular flexibility index (Phi) is 5.98. The third-order valence-electron chi connectivity index (χ3n) is 2.15. The van der Waals surface area contributed by atoms with Crippen LogP contribution in [0.3, 0.4) is 0 Å². The van der Waals surface area contributed by atoms with Gasteiger partial charge >= 0.3 is 0 Å². The Morgan fingerprint density at radius 2 is 1.81 bits per heavy atom. The molecule has 0 saturated heterocycles. The van der Waals surface area contributed by atoms with E-state index in [1.54, 1.807) is 0 Å². The van der Waals surface area contributed by atoms with Crippen molar-refractivity contribution >= 4 is 11.8 Å². The first-order valence-corrected chi connectivity index (χ1v) is 5.29. The Labute approximate surface area is 95.4 Å². The molecule has 6 N–H and O–H groups in total. The van der Waals surface area contributed by atoms with Crippen molar-refractivity contribution < 1.29 is 14.7 Å². The van der Waals surface area contributed by atoms with Crippen LogP contribution in [-0.2, 0) is 9.59 Å². The largest absolute Gasteiger partial charge is 0.391 e. The molecule has 0 aliphatic carbocycles. The van der Waals surface area contributed by atoms with Gasteiger partial charge in [0.05, 0.1) is 12.1 Å². The number of nitrogens with one attached hydrogen (secondary N) is 1. The third kappa shape index (κ3) is 5.09. The van der Waals surface area contributed by atoms with Crippen molar-refractivity contribution in [1.29, 1.82) is 0 Å². The van der Waals surface area contributed by atoms with Gasteiger partial charge in [-0.1, -0.05) is 13.8 Å². The summed E-state index contributed by atoms with van der Waals surface area (Å²) in [6.07, 6.45) is -0.524. The van der Waals surface area contributed by atoms with Crippen molar-refractivity contribution in [3.8, 4) is 0 Å². The molecule has 0 aromatic carbocycles. The first-order chi connectivity index (χ1) is 7.25. The molecule has 0 aromatic heterocycles. The molecule has 0 rings (SSSR count). The van der Waals surface area contributed by atoms with Crippen LogP contribution in [0.15, 0.2) is 0 Å². The number of hydrogen-bond acceptors (Lipinski definition) is 4. The maximum atomic E-state index is 11.5. The molecule has 0 unspecified atom stereocenters. The van der Waals surface area contributed by atoms with E-state index in [-0.39, 0.29) is 5.92 Å². The molecule has 0 spiro atoms. The number of aliphatic hydroxyl groups excluding tert-OH is 1. The van der Waals surface area contributed by atoms with Gasteiger partial charge in [-0.2, -0.15) is 0 Å². The van der Waals surface area contributed by atoms with E-state index in [0.717, 1.165) is 0 Å². The number of carbonyl (C=O) groups excluding carboxylic acids is 2. The number of hydrogen-bond donors (Lipinski definition) is 4. The zero-order valence-corrected chi connectivity index (χ0v) is 9.93. The maximum Gasteiger partial charge on any atom is 0.242 e. The number of carbonyl (C=O) groups is 2. The van der Waals surface area contributed by atoms with E-state index in [4.69, 9.17) is 11.5 Å². The number of nitrogens with two attached hydrogens (primary N) is 2. The van der Waals surface area contributed by atoms with Crippen molar-refractivity contribution in [1.82, 2.24) is 5.32 Å². The van der Waals surface area contributed by atoms with Gasteiger partial charge in [-0.3, -0.25) is 9.59 Å². The lowest BCUT2D eigenvalue weighted by molar-refractivity contribution is -0.130. The smallest absolute Gasteiger partial charge is 0.242 e. The second-order valence-electron chi connectivity index (χ2n) is 4.37. The second kappa shape index (κ2) is 6.44. The first-order valence-electron chi connectivity index (χ1n) is 5.29. The highest BCUT2D eigenvalue weighted by Crippen LogP contribution is 2.03. The highest BCUT2D eigenvalue weighted by Gasteiger charge is 2.25. The molecule has 0 heterocycles. The van der Waals surface area contributed by atoms with Crippen LogP contribution in [0.1, 0.15) is 27.2 Å². The van der Waals surface area contributed by atoms with E-state index in [1.807, 2.05) is 13.8 Å². The Hall–Kier alpha value is -1.14. The minimum Gasteiger partial charge on any atom is -0.391 e. The van der Waals surface area contributed by atoms with Gasteiger partial charge in [-0.25, -0.2) is 0 Å². The Balaban J connectivity index is 4.35. The van der Waals surface area contributed by atoms with Gasteiger partial charge in [-0.05, 0) is 19.3 Å². The van der Waals surface area contributed by atoms with Gasteiger partial charge in [0.15, 0.2) is 0 Å². The zero-order chi connectivity index (χ0) is 12.9. The van der Waals surface area contributed by atoms with Crippen LogP contribution in [-0.4, -0.2) is 35.1 Å². The summed E-state index contributed by atoms with van der Waals surface area (Å²) in [5, 5.41) is 11.6. The molecule has 16 heavy (non-hydrogen) atoms. The minimum atomic E-state index is -1.09. The van der Waals surface area contributed by atoms with Crippen LogP contribution in [0, 0.1) is 5.92 Å². The molecule has 0 radical (unpaired) electrons. The fourth-order valence-electron chi connectivity index (χ4n) is 1.30. The highest BCUT2D eigenvalue weighted by atomic mass is 16.3. The molecule has 6 nitrogen and oxygen atoms in total. The van der Waals surface area contributed by atoms with Gasteiger partial charge < -0.3 is 21.9 Å². The fraction of sp³-hybridized carbons (Fsp3) is 0.800. The van der Waals surface area contributed by atoms with E-state index in [1.165, 1.54) is 6.92 Å². The Morgan fingerprint density at radius 3 is 2.12 bits per heavy atom. The molecule has 3 atom stereocenters. The maximum absolute atomic E-state index is 11.5. The standard InChI is InChI=1S/C10H21N3O3/c1-5(2)4-7(11)10(16)13-8(6(3)14)9(12)15/h5-8,14H,4,11H2,1-3H3,(H2,12,15)(H,13,16)/t6-,7+,8+/m1/s1. The number of primary amides is 1. The summed E-state index contributed by atoms with van der Waals surface area (Å²) in [6, 6.07) is -1.79. The van der Waals surface area contributed by atoms with Gasteiger partial charge in [-0.15, -0.1) is 0 Å². The molecule has 0 saturated carbocycles. The molecule has 0 aliphatic rings. The summed E-state index contributed by atoms with van der Waals surface area (Å²) >= 11 is 0. The molecule has 6 heteroatoms. The summed E-state index contributed by atoms with van der Waals surface area (Å²) in [5.41, 5.74) is 10.7. The molecule has 0 aliphatic heterocycles. The van der Waals surface area contributed by atoms with Crippen LogP contribution in [0.25, 0.3) is 0 Å². The SMILES string of the molecule is CC(C)C[C@H](N)C(=O)N[C@H](C(N)=O)[C@@H](C)O. The average Bonchev–Trinajstić information content (AvgIpc) is 2.11. The molecule has 0 aromatic rings. The lowest BCUT2D eigenvalue weighted by Crippen LogP contribution is -2.54. The summed E-state index contributed by atoms with van der Waals surface area (Å²) < 4.78 is 0. The van der Waals surface area contributed by atoms with Gasteiger partial charge in [0.2, 0.25) is 11.8 Å². The van der Waals surface area contributed by atoms with Crippen molar-refractivity contribution in [2.75, 3.05) is 0 Å². The molecular weight excluding hydrogens is 210 g/mol. The quantitative estimate of drug-likeness (QED) is 0.455. The number of amides is 2. The van der Waals surface area contributed by atoms with Gasteiger partial charge in [0.25, 0.3) is 0 Å². The molecular formula is C10H21N3O3. The van der Waals surface area contributed by atoms with Gasteiger partial charge in [0, 0.05) is 0 Å². The lowest BCUT2D eigenvalue weighted by atomic mass is 10.0. The van der Waals surface area contributed by atoms with Crippen LogP contribution in [0.4, 0.5) is 0 Å². The number of aliphatic hydroxyl groups is 1. The monoisotopic (exact) mass is 231 g/mol. The summed E-state index contributed by atoms with van der Waals surface area (Å²) in [6.45, 7) is 5.25. The summed E-state index contributed by atoms with van der Waals surface area (Å²) in [4.78, 5) is 22.5. The average molecular weight is 231 g/mol. The number of rotatable bonds is 6. The molecule has 94 valence electrons. The first kappa shape index (κ1) is 14.9. The van der Waals surface area contributed by atoms with Gasteiger partial charge in [0.1, 0.15) is 6.04 Å². The fourth-order valence-corrected chi connectivity index (χ4v) is 1.30. The summed E-state index contributed by atoms with van der Waals surface area (Å²) in [7, 11) is 0.